The fraction of sp³-hybridized carbons (Fsp3) is 0.438. The first kappa shape index (κ1) is 57.2. The molecule has 0 radical (unpaired) electrons. The summed E-state index contributed by atoms with van der Waals surface area (Å²) in [4.78, 5) is 135. The third-order valence-corrected chi connectivity index (χ3v) is 11.5. The molecular formula is C48H67N15O10. The van der Waals surface area contributed by atoms with Gasteiger partial charge in [0.2, 0.25) is 47.3 Å². The molecule has 0 aliphatic rings. The maximum atomic E-state index is 14.6. The first-order chi connectivity index (χ1) is 34.8. The van der Waals surface area contributed by atoms with Crippen LogP contribution in [0.3, 0.4) is 0 Å². The number of hydrogen-bond acceptors (Lipinski definition) is 12. The lowest BCUT2D eigenvalue weighted by molar-refractivity contribution is -0.141. The second kappa shape index (κ2) is 28.5. The van der Waals surface area contributed by atoms with Gasteiger partial charge in [-0.15, -0.1) is 0 Å². The molecule has 0 aliphatic heterocycles. The number of rotatable bonds is 30. The van der Waals surface area contributed by atoms with Crippen molar-refractivity contribution < 1.29 is 48.3 Å². The Hall–Kier alpha value is -8.35. The van der Waals surface area contributed by atoms with Crippen LogP contribution in [0.2, 0.25) is 0 Å². The highest BCUT2D eigenvalue weighted by atomic mass is 16.4. The number of carboxylic acids is 1. The molecule has 2 aromatic carbocycles. The Kier molecular flexibility index (Phi) is 22.3. The number of carbonyl (C=O) groups excluding carboxylic acids is 8. The molecule has 2 heterocycles. The largest absolute Gasteiger partial charge is 0.481 e. The van der Waals surface area contributed by atoms with Crippen molar-refractivity contribution in [2.75, 3.05) is 6.54 Å². The summed E-state index contributed by atoms with van der Waals surface area (Å²) in [5.41, 5.74) is 24.9. The molecule has 8 atom stereocenters. The third kappa shape index (κ3) is 18.7. The summed E-state index contributed by atoms with van der Waals surface area (Å²) >= 11 is 0. The molecule has 25 nitrogen and oxygen atoms in total. The zero-order valence-electron chi connectivity index (χ0n) is 40.9. The minimum atomic E-state index is -1.72. The van der Waals surface area contributed by atoms with Crippen LogP contribution >= 0.6 is 0 Å². The second-order valence-electron chi connectivity index (χ2n) is 17.5. The number of imidazole rings is 1. The molecule has 0 saturated carbocycles. The topological polar surface area (TPSA) is 419 Å². The van der Waals surface area contributed by atoms with E-state index >= 15 is 0 Å². The number of nitrogens with two attached hydrogens (primary N) is 4. The number of carboxylic acid groups (broad SMARTS) is 1. The number of aromatic nitrogens is 3. The highest BCUT2D eigenvalue weighted by molar-refractivity contribution is 5.98. The number of nitrogens with zero attached hydrogens (tertiary/aromatic N) is 2. The molecule has 394 valence electrons. The summed E-state index contributed by atoms with van der Waals surface area (Å²) in [7, 11) is 0. The van der Waals surface area contributed by atoms with Gasteiger partial charge in [0.05, 0.1) is 12.7 Å². The van der Waals surface area contributed by atoms with Gasteiger partial charge in [-0.05, 0) is 43.4 Å². The van der Waals surface area contributed by atoms with Gasteiger partial charge >= 0.3 is 5.97 Å². The number of H-pyrrole nitrogens is 2. The minimum absolute atomic E-state index is 0.0328. The number of para-hydroxylation sites is 1. The summed E-state index contributed by atoms with van der Waals surface area (Å²) < 4.78 is 0. The van der Waals surface area contributed by atoms with E-state index in [1.54, 1.807) is 42.6 Å². The first-order valence-electron chi connectivity index (χ1n) is 23.7. The monoisotopic (exact) mass is 1010 g/mol. The van der Waals surface area contributed by atoms with Crippen LogP contribution in [0.4, 0.5) is 0 Å². The van der Waals surface area contributed by atoms with Crippen molar-refractivity contribution in [3.63, 3.8) is 0 Å². The Bertz CT molecular complexity index is 2550. The van der Waals surface area contributed by atoms with Crippen LogP contribution in [-0.2, 0) is 62.4 Å². The van der Waals surface area contributed by atoms with E-state index < -0.39 is 108 Å². The number of guanidine groups is 1. The van der Waals surface area contributed by atoms with E-state index in [2.05, 4.69) is 57.2 Å². The second-order valence-corrected chi connectivity index (χ2v) is 17.5. The van der Waals surface area contributed by atoms with Crippen LogP contribution in [-0.4, -0.2) is 134 Å². The Labute approximate surface area is 421 Å². The van der Waals surface area contributed by atoms with Crippen molar-refractivity contribution in [1.82, 2.24) is 52.2 Å². The number of amides is 8. The van der Waals surface area contributed by atoms with Crippen molar-refractivity contribution >= 4 is 70.1 Å². The molecule has 0 bridgehead atoms. The zero-order chi connectivity index (χ0) is 53.6. The third-order valence-electron chi connectivity index (χ3n) is 11.5. The van der Waals surface area contributed by atoms with Crippen molar-refractivity contribution in [2.45, 2.75) is 127 Å². The molecule has 1 unspecified atom stereocenters. The average molecular weight is 1010 g/mol. The van der Waals surface area contributed by atoms with Gasteiger partial charge in [0.1, 0.15) is 42.3 Å². The Balaban J connectivity index is 1.68. The van der Waals surface area contributed by atoms with Gasteiger partial charge in [-0.3, -0.25) is 48.1 Å². The highest BCUT2D eigenvalue weighted by Gasteiger charge is 2.35. The van der Waals surface area contributed by atoms with Crippen LogP contribution < -0.4 is 60.2 Å². The number of benzene rings is 2. The highest BCUT2D eigenvalue weighted by Crippen LogP contribution is 2.20. The molecule has 0 aliphatic carbocycles. The number of fused-ring (bicyclic) bond motifs is 1. The van der Waals surface area contributed by atoms with Crippen molar-refractivity contribution in [3.05, 3.63) is 90.1 Å². The van der Waals surface area contributed by atoms with Crippen LogP contribution in [0.1, 0.15) is 76.1 Å². The fourth-order valence-electron chi connectivity index (χ4n) is 7.77. The number of unbranched alkanes of at least 4 members (excludes halogenated alkanes) is 1. The number of nitrogens with one attached hydrogen (secondary N) is 9. The van der Waals surface area contributed by atoms with E-state index in [-0.39, 0.29) is 51.0 Å². The Morgan fingerprint density at radius 2 is 1.19 bits per heavy atom. The summed E-state index contributed by atoms with van der Waals surface area (Å²) in [6.45, 7) is 4.58. The molecular weight excluding hydrogens is 947 g/mol. The van der Waals surface area contributed by atoms with Crippen molar-refractivity contribution in [2.24, 2.45) is 27.9 Å². The summed E-state index contributed by atoms with van der Waals surface area (Å²) in [6.07, 6.45) is 4.41. The van der Waals surface area contributed by atoms with Gasteiger partial charge in [0.25, 0.3) is 0 Å². The van der Waals surface area contributed by atoms with Crippen LogP contribution in [0.15, 0.2) is 78.3 Å². The van der Waals surface area contributed by atoms with Gasteiger partial charge < -0.3 is 75.2 Å². The quantitative estimate of drug-likeness (QED) is 0.0151. The van der Waals surface area contributed by atoms with Crippen molar-refractivity contribution in [1.29, 1.82) is 0 Å². The molecule has 4 rings (SSSR count). The Morgan fingerprint density at radius 3 is 1.77 bits per heavy atom. The van der Waals surface area contributed by atoms with E-state index in [1.165, 1.54) is 26.4 Å². The van der Waals surface area contributed by atoms with Gasteiger partial charge in [-0.1, -0.05) is 68.3 Å². The molecule has 0 fully saturated rings. The molecule has 8 amide bonds. The number of aliphatic imine (C=N–C) groups is 1. The first-order valence-corrected chi connectivity index (χ1v) is 23.7. The number of aromatic amines is 2. The zero-order valence-corrected chi connectivity index (χ0v) is 40.9. The normalized spacial score (nSPS) is 14.3. The summed E-state index contributed by atoms with van der Waals surface area (Å²) in [5, 5.41) is 28.6. The number of aliphatic carboxylic acids is 1. The van der Waals surface area contributed by atoms with E-state index in [4.69, 9.17) is 22.9 Å². The van der Waals surface area contributed by atoms with E-state index in [0.717, 1.165) is 10.9 Å². The van der Waals surface area contributed by atoms with Crippen molar-refractivity contribution in [3.8, 4) is 0 Å². The fourth-order valence-corrected chi connectivity index (χ4v) is 7.77. The molecule has 4 aromatic rings. The predicted octanol–water partition coefficient (Wildman–Crippen LogP) is -2.12. The molecule has 0 spiro atoms. The SMILES string of the molecule is CCCC[C@H](NC(C)=O)C(=O)N[C@@H](CC(=O)O)C(=O)N[C@@H](Cc1cnc[nH]1)C(=O)N[C@H](Cc1ccccc1)C(=O)N[C@@H](CCCN=C(N)N)C(=O)N[C@@H](Cc1c[nH]c2ccccc12)C(=O)N[C@H](C(N)=O)C(C)N. The average Bonchev–Trinajstić information content (AvgIpc) is 4.01. The van der Waals surface area contributed by atoms with Crippen LogP contribution in [0.5, 0.6) is 0 Å². The molecule has 73 heavy (non-hydrogen) atoms. The lowest BCUT2D eigenvalue weighted by atomic mass is 10.0. The maximum absolute atomic E-state index is 14.6. The number of carbonyl (C=O) groups is 9. The van der Waals surface area contributed by atoms with Crippen LogP contribution in [0, 0.1) is 0 Å². The summed E-state index contributed by atoms with van der Waals surface area (Å²) in [5.74, 6) is -8.45. The van der Waals surface area contributed by atoms with Gasteiger partial charge in [0.15, 0.2) is 5.96 Å². The van der Waals surface area contributed by atoms with Gasteiger partial charge in [-0.25, -0.2) is 4.98 Å². The number of primary amides is 1. The van der Waals surface area contributed by atoms with E-state index in [0.29, 0.717) is 29.7 Å². The smallest absolute Gasteiger partial charge is 0.305 e. The van der Waals surface area contributed by atoms with Crippen LogP contribution in [0.25, 0.3) is 10.9 Å². The predicted molar refractivity (Wildman–Crippen MR) is 268 cm³/mol. The molecule has 0 saturated heterocycles. The lowest BCUT2D eigenvalue weighted by Crippen LogP contribution is -2.61. The van der Waals surface area contributed by atoms with Gasteiger partial charge in [0, 0.05) is 67.8 Å². The lowest BCUT2D eigenvalue weighted by Gasteiger charge is -2.28. The molecule has 18 N–H and O–H groups in total. The maximum Gasteiger partial charge on any atom is 0.305 e. The number of hydrogen-bond donors (Lipinski definition) is 14. The van der Waals surface area contributed by atoms with Gasteiger partial charge in [-0.2, -0.15) is 0 Å². The minimum Gasteiger partial charge on any atom is -0.481 e. The van der Waals surface area contributed by atoms with E-state index in [9.17, 15) is 48.3 Å². The Morgan fingerprint density at radius 1 is 0.658 bits per heavy atom. The molecule has 25 heteroatoms. The van der Waals surface area contributed by atoms with E-state index in [1.807, 2.05) is 25.1 Å². The standard InChI is InChI=1S/C48H67N15O10/c1-4-5-15-33(57-27(3)64)42(68)62-38(22-39(65)66)46(72)61-37(21-30-24-53-25-56-30)45(71)59-35(19-28-12-7-6-8-13-28)44(70)58-34(17-11-18-54-48(51)52)43(69)60-36(47(73)63-40(26(2)49)41(50)67)20-29-23-55-32-16-10-9-14-31(29)32/h6-10,12-14,16,23-26,33-38,40,55H,4-5,11,15,17-22,49H2,1-3H3,(H2,50,67)(H,53,56)(H,57,64)(H,58,70)(H,59,71)(H,60,69)(H,61,72)(H,62,68)(H,63,73)(H,65,66)(H4,51,52,54)/t26?,33-,34-,35+,36-,37-,38-,40-/m0/s1. The summed E-state index contributed by atoms with van der Waals surface area (Å²) in [6, 6.07) is 5.01. The molecule has 2 aromatic heterocycles.